The summed E-state index contributed by atoms with van der Waals surface area (Å²) in [7, 11) is 0. The largest absolute Gasteiger partial charge is 0.499 e. The standard InChI is InChI=1S/C10H13O2.2CH3.Al/c1-9(7-11)12-8-10-5-3-2-4-6-10;;;/h2-6,9H,7-8H2,1H3;2*1H3;/q-1;;;+1. The van der Waals surface area contributed by atoms with Gasteiger partial charge in [0.05, 0.1) is 12.7 Å². The number of hydrogen-bond acceptors (Lipinski definition) is 2. The van der Waals surface area contributed by atoms with Crippen molar-refractivity contribution in [3.63, 3.8) is 0 Å². The molecular weight excluding hydrogens is 203 g/mol. The lowest BCUT2D eigenvalue weighted by Crippen LogP contribution is -2.20. The van der Waals surface area contributed by atoms with E-state index in [1.54, 1.807) is 0 Å². The molecule has 0 aliphatic carbocycles. The molecule has 0 aliphatic heterocycles. The molecule has 0 fully saturated rings. The highest BCUT2D eigenvalue weighted by Crippen LogP contribution is 2.03. The van der Waals surface area contributed by atoms with Crippen molar-refractivity contribution in [2.24, 2.45) is 0 Å². The molecule has 2 nitrogen and oxygen atoms in total. The molecule has 0 spiro atoms. The Bertz CT molecular complexity index is 262. The molecule has 1 atom stereocenters. The van der Waals surface area contributed by atoms with E-state index in [-0.39, 0.29) is 6.10 Å². The molecule has 1 unspecified atom stereocenters. The fraction of sp³-hybridized carbons (Fsp3) is 0.500. The number of rotatable bonds is 6. The van der Waals surface area contributed by atoms with Crippen molar-refractivity contribution in [2.45, 2.75) is 31.2 Å². The van der Waals surface area contributed by atoms with E-state index < -0.39 is 14.5 Å². The van der Waals surface area contributed by atoms with Crippen molar-refractivity contribution >= 4 is 14.5 Å². The normalized spacial score (nSPS) is 12.5. The van der Waals surface area contributed by atoms with Crippen molar-refractivity contribution < 1.29 is 8.53 Å². The Hall–Kier alpha value is -0.328. The first kappa shape index (κ1) is 12.7. The second kappa shape index (κ2) is 7.03. The SMILES string of the molecule is CC(C[O][Al]([CH3])[CH3])OCc1ccccc1. The second-order valence-electron chi connectivity index (χ2n) is 3.99. The molecule has 0 bridgehead atoms. The van der Waals surface area contributed by atoms with Crippen LogP contribution >= 0.6 is 0 Å². The summed E-state index contributed by atoms with van der Waals surface area (Å²) in [6.45, 7) is 3.45. The zero-order chi connectivity index (χ0) is 11.1. The monoisotopic (exact) mass is 222 g/mol. The zero-order valence-electron chi connectivity index (χ0n) is 9.77. The van der Waals surface area contributed by atoms with Gasteiger partial charge >= 0.3 is 14.5 Å². The highest BCUT2D eigenvalue weighted by atomic mass is 27.2. The van der Waals surface area contributed by atoms with Gasteiger partial charge in [0.15, 0.2) is 0 Å². The Morgan fingerprint density at radius 2 is 1.87 bits per heavy atom. The molecule has 15 heavy (non-hydrogen) atoms. The summed E-state index contributed by atoms with van der Waals surface area (Å²) in [5.74, 6) is 4.34. The minimum atomic E-state index is -0.905. The molecule has 1 rings (SSSR count). The van der Waals surface area contributed by atoms with Crippen molar-refractivity contribution in [2.75, 3.05) is 6.61 Å². The Kier molecular flexibility index (Phi) is 5.97. The fourth-order valence-electron chi connectivity index (χ4n) is 1.19. The number of hydrogen-bond donors (Lipinski definition) is 0. The van der Waals surface area contributed by atoms with Crippen LogP contribution in [0.3, 0.4) is 0 Å². The van der Waals surface area contributed by atoms with Crippen LogP contribution in [0.1, 0.15) is 12.5 Å². The summed E-state index contributed by atoms with van der Waals surface area (Å²) in [6, 6.07) is 10.2. The summed E-state index contributed by atoms with van der Waals surface area (Å²) in [5.41, 5.74) is 1.21. The summed E-state index contributed by atoms with van der Waals surface area (Å²) in [6.07, 6.45) is 0.181. The third-order valence-electron chi connectivity index (χ3n) is 2.04. The molecule has 0 aliphatic rings. The van der Waals surface area contributed by atoms with Crippen LogP contribution in [-0.4, -0.2) is 27.2 Å². The van der Waals surface area contributed by atoms with Crippen LogP contribution in [0.2, 0.25) is 11.6 Å². The first-order valence-corrected chi connectivity index (χ1v) is 8.23. The molecule has 0 amide bonds. The van der Waals surface area contributed by atoms with Gasteiger partial charge in [-0.15, -0.1) is 0 Å². The van der Waals surface area contributed by atoms with Crippen molar-refractivity contribution in [1.82, 2.24) is 0 Å². The molecular formula is C12H19AlO2. The van der Waals surface area contributed by atoms with E-state index in [1.165, 1.54) is 5.56 Å². The van der Waals surface area contributed by atoms with Gasteiger partial charge in [-0.1, -0.05) is 41.9 Å². The van der Waals surface area contributed by atoms with Crippen LogP contribution in [0.5, 0.6) is 0 Å². The maximum atomic E-state index is 5.68. The molecule has 0 heterocycles. The van der Waals surface area contributed by atoms with Gasteiger partial charge in [-0.2, -0.15) is 0 Å². The molecule has 82 valence electrons. The molecule has 0 saturated carbocycles. The van der Waals surface area contributed by atoms with Crippen LogP contribution < -0.4 is 0 Å². The fourth-order valence-corrected chi connectivity index (χ4v) is 1.84. The lowest BCUT2D eigenvalue weighted by atomic mass is 10.2. The Balaban J connectivity index is 2.19. The molecule has 3 heteroatoms. The van der Waals surface area contributed by atoms with Gasteiger partial charge in [-0.25, -0.2) is 0 Å². The van der Waals surface area contributed by atoms with E-state index in [2.05, 4.69) is 30.6 Å². The van der Waals surface area contributed by atoms with Gasteiger partial charge in [0.2, 0.25) is 0 Å². The van der Waals surface area contributed by atoms with Crippen molar-refractivity contribution in [1.29, 1.82) is 0 Å². The van der Waals surface area contributed by atoms with Crippen LogP contribution in [0.4, 0.5) is 0 Å². The number of ether oxygens (including phenoxy) is 1. The predicted molar refractivity (Wildman–Crippen MR) is 64.1 cm³/mol. The lowest BCUT2D eigenvalue weighted by molar-refractivity contribution is 0.0210. The van der Waals surface area contributed by atoms with Gasteiger partial charge in [-0.05, 0) is 12.5 Å². The molecule has 1 aromatic rings. The molecule has 0 radical (unpaired) electrons. The zero-order valence-corrected chi connectivity index (χ0v) is 10.9. The van der Waals surface area contributed by atoms with Gasteiger partial charge in [0, 0.05) is 6.61 Å². The molecule has 1 aromatic carbocycles. The molecule has 0 saturated heterocycles. The number of benzene rings is 1. The summed E-state index contributed by atoms with van der Waals surface area (Å²) >= 11 is -0.905. The Labute approximate surface area is 96.9 Å². The first-order chi connectivity index (χ1) is 7.18. The van der Waals surface area contributed by atoms with Crippen LogP contribution in [0, 0.1) is 0 Å². The van der Waals surface area contributed by atoms with E-state index in [0.717, 1.165) is 6.61 Å². The van der Waals surface area contributed by atoms with Gasteiger partial charge < -0.3 is 8.53 Å². The Morgan fingerprint density at radius 3 is 2.47 bits per heavy atom. The minimum Gasteiger partial charge on any atom is -0.499 e. The van der Waals surface area contributed by atoms with Crippen molar-refractivity contribution in [3.05, 3.63) is 35.9 Å². The van der Waals surface area contributed by atoms with Crippen molar-refractivity contribution in [3.8, 4) is 0 Å². The average Bonchev–Trinajstić information content (AvgIpc) is 2.25. The smallest absolute Gasteiger partial charge is 0.454 e. The minimum absolute atomic E-state index is 0.181. The second-order valence-corrected chi connectivity index (χ2v) is 6.42. The van der Waals surface area contributed by atoms with Gasteiger partial charge in [0.25, 0.3) is 0 Å². The third kappa shape index (κ3) is 5.96. The molecule has 0 N–H and O–H groups in total. The maximum absolute atomic E-state index is 5.68. The quantitative estimate of drug-likeness (QED) is 0.689. The first-order valence-electron chi connectivity index (χ1n) is 5.45. The summed E-state index contributed by atoms with van der Waals surface area (Å²) < 4.78 is 11.3. The predicted octanol–water partition coefficient (Wildman–Crippen LogP) is 2.86. The van der Waals surface area contributed by atoms with Crippen LogP contribution in [-0.2, 0) is 15.1 Å². The highest BCUT2D eigenvalue weighted by Gasteiger charge is 2.07. The van der Waals surface area contributed by atoms with E-state index in [0.29, 0.717) is 6.61 Å². The third-order valence-corrected chi connectivity index (χ3v) is 2.90. The van der Waals surface area contributed by atoms with Crippen LogP contribution in [0.15, 0.2) is 30.3 Å². The topological polar surface area (TPSA) is 18.5 Å². The van der Waals surface area contributed by atoms with Gasteiger partial charge in [-0.3, -0.25) is 0 Å². The van der Waals surface area contributed by atoms with Crippen LogP contribution in [0.25, 0.3) is 0 Å². The van der Waals surface area contributed by atoms with E-state index in [4.69, 9.17) is 8.53 Å². The Morgan fingerprint density at radius 1 is 1.20 bits per heavy atom. The van der Waals surface area contributed by atoms with Gasteiger partial charge in [0.1, 0.15) is 0 Å². The van der Waals surface area contributed by atoms with E-state index in [1.807, 2.05) is 18.2 Å². The average molecular weight is 222 g/mol. The highest BCUT2D eigenvalue weighted by molar-refractivity contribution is 6.48. The maximum Gasteiger partial charge on any atom is 0.454 e. The summed E-state index contributed by atoms with van der Waals surface area (Å²) in [4.78, 5) is 0. The van der Waals surface area contributed by atoms with E-state index >= 15 is 0 Å². The summed E-state index contributed by atoms with van der Waals surface area (Å²) in [5, 5.41) is 0. The lowest BCUT2D eigenvalue weighted by Gasteiger charge is -2.14. The molecule has 0 aromatic heterocycles. The van der Waals surface area contributed by atoms with E-state index in [9.17, 15) is 0 Å².